The van der Waals surface area contributed by atoms with E-state index < -0.39 is 16.0 Å². The third-order valence-corrected chi connectivity index (χ3v) is 7.32. The second-order valence-corrected chi connectivity index (χ2v) is 9.75. The van der Waals surface area contributed by atoms with Gasteiger partial charge in [0.2, 0.25) is 15.9 Å². The van der Waals surface area contributed by atoms with Crippen LogP contribution in [0.4, 0.5) is 0 Å². The fourth-order valence-corrected chi connectivity index (χ4v) is 5.42. The number of carbonyl (C=O) groups excluding carboxylic acids is 1. The van der Waals surface area contributed by atoms with Crippen molar-refractivity contribution < 1.29 is 22.4 Å². The predicted octanol–water partition coefficient (Wildman–Crippen LogP) is 2.60. The molecule has 0 aliphatic carbocycles. The van der Waals surface area contributed by atoms with Crippen LogP contribution in [0.25, 0.3) is 11.0 Å². The van der Waals surface area contributed by atoms with Crippen molar-refractivity contribution in [2.75, 3.05) is 13.1 Å². The third kappa shape index (κ3) is 4.68. The highest BCUT2D eigenvalue weighted by atomic mass is 32.2. The van der Waals surface area contributed by atoms with Crippen molar-refractivity contribution in [3.63, 3.8) is 0 Å². The van der Waals surface area contributed by atoms with Crippen LogP contribution in [0.1, 0.15) is 50.2 Å². The Morgan fingerprint density at radius 2 is 2.00 bits per heavy atom. The Bertz CT molecular complexity index is 1210. The highest BCUT2D eigenvalue weighted by molar-refractivity contribution is 7.89. The van der Waals surface area contributed by atoms with Crippen LogP contribution in [-0.4, -0.2) is 51.5 Å². The van der Waals surface area contributed by atoms with Crippen molar-refractivity contribution in [2.24, 2.45) is 0 Å². The summed E-state index contributed by atoms with van der Waals surface area (Å²) in [7, 11) is -3.51. The van der Waals surface area contributed by atoms with Crippen LogP contribution in [-0.2, 0) is 39.1 Å². The maximum Gasteiger partial charge on any atom is 0.306 e. The summed E-state index contributed by atoms with van der Waals surface area (Å²) >= 11 is 0. The number of nitrogens with zero attached hydrogens (tertiary/aromatic N) is 5. The summed E-state index contributed by atoms with van der Waals surface area (Å²) in [6, 6.07) is 5.09. The largest absolute Gasteiger partial charge is 0.456 e. The molecule has 0 spiro atoms. The lowest BCUT2D eigenvalue weighted by atomic mass is 10.3. The highest BCUT2D eigenvalue weighted by Crippen LogP contribution is 2.26. The summed E-state index contributed by atoms with van der Waals surface area (Å²) in [6.45, 7) is 5.49. The first-order valence-electron chi connectivity index (χ1n) is 10.8. The number of benzene rings is 1. The minimum Gasteiger partial charge on any atom is -0.456 e. The number of aromatic nitrogens is 4. The SMILES string of the molecule is CCCn1c(CCC(=O)OCc2nnc(C)o2)nc2cc(S(=O)(=O)N3CCCC3)ccc21. The Labute approximate surface area is 186 Å². The van der Waals surface area contributed by atoms with Crippen molar-refractivity contribution in [2.45, 2.75) is 64.0 Å². The fraction of sp³-hybridized carbons (Fsp3) is 0.524. The van der Waals surface area contributed by atoms with Crippen LogP contribution >= 0.6 is 0 Å². The number of hydrogen-bond acceptors (Lipinski definition) is 8. The normalized spacial score (nSPS) is 14.9. The molecule has 3 heterocycles. The molecular weight excluding hydrogens is 434 g/mol. The molecule has 172 valence electrons. The smallest absolute Gasteiger partial charge is 0.306 e. The third-order valence-electron chi connectivity index (χ3n) is 5.43. The van der Waals surface area contributed by atoms with Crippen molar-refractivity contribution in [1.29, 1.82) is 0 Å². The van der Waals surface area contributed by atoms with Crippen molar-refractivity contribution in [1.82, 2.24) is 24.1 Å². The van der Waals surface area contributed by atoms with Gasteiger partial charge in [0, 0.05) is 33.0 Å². The monoisotopic (exact) mass is 461 g/mol. The summed E-state index contributed by atoms with van der Waals surface area (Å²) in [5, 5.41) is 7.49. The lowest BCUT2D eigenvalue weighted by Gasteiger charge is -2.15. The fourth-order valence-electron chi connectivity index (χ4n) is 3.89. The number of aryl methyl sites for hydroxylation is 3. The number of ether oxygens (including phenoxy) is 1. The number of fused-ring (bicyclic) bond motifs is 1. The van der Waals surface area contributed by atoms with Gasteiger partial charge >= 0.3 is 5.97 Å². The van der Waals surface area contributed by atoms with Gasteiger partial charge in [-0.3, -0.25) is 4.79 Å². The summed E-state index contributed by atoms with van der Waals surface area (Å²) in [5.41, 5.74) is 1.47. The molecule has 4 rings (SSSR count). The molecule has 0 bridgehead atoms. The lowest BCUT2D eigenvalue weighted by Crippen LogP contribution is -2.27. The summed E-state index contributed by atoms with van der Waals surface area (Å²) in [4.78, 5) is 17.1. The van der Waals surface area contributed by atoms with E-state index in [-0.39, 0.29) is 23.8 Å². The Balaban J connectivity index is 1.50. The first-order chi connectivity index (χ1) is 15.4. The zero-order chi connectivity index (χ0) is 22.7. The summed E-state index contributed by atoms with van der Waals surface area (Å²) < 4.78 is 39.8. The van der Waals surface area contributed by atoms with Crippen LogP contribution in [0.2, 0.25) is 0 Å². The van der Waals surface area contributed by atoms with E-state index in [1.807, 2.05) is 4.57 Å². The topological polar surface area (TPSA) is 120 Å². The van der Waals surface area contributed by atoms with E-state index in [0.29, 0.717) is 30.9 Å². The first kappa shape index (κ1) is 22.4. The van der Waals surface area contributed by atoms with E-state index in [0.717, 1.165) is 37.1 Å². The summed E-state index contributed by atoms with van der Waals surface area (Å²) in [6.07, 6.45) is 3.18. The maximum atomic E-state index is 12.9. The van der Waals surface area contributed by atoms with Crippen LogP contribution in [0.5, 0.6) is 0 Å². The molecule has 0 saturated carbocycles. The highest BCUT2D eigenvalue weighted by Gasteiger charge is 2.28. The van der Waals surface area contributed by atoms with E-state index in [9.17, 15) is 13.2 Å². The lowest BCUT2D eigenvalue weighted by molar-refractivity contribution is -0.145. The quantitative estimate of drug-likeness (QED) is 0.446. The molecule has 32 heavy (non-hydrogen) atoms. The predicted molar refractivity (Wildman–Crippen MR) is 115 cm³/mol. The molecule has 1 fully saturated rings. The van der Waals surface area contributed by atoms with E-state index in [2.05, 4.69) is 22.1 Å². The van der Waals surface area contributed by atoms with E-state index in [1.54, 1.807) is 25.1 Å². The number of rotatable bonds is 9. The minimum absolute atomic E-state index is 0.0667. The molecule has 0 amide bonds. The molecule has 1 saturated heterocycles. The van der Waals surface area contributed by atoms with Gasteiger partial charge in [0.15, 0.2) is 6.61 Å². The molecule has 11 heteroatoms. The second kappa shape index (κ2) is 9.37. The van der Waals surface area contributed by atoms with E-state index >= 15 is 0 Å². The molecule has 1 aliphatic heterocycles. The molecule has 3 aromatic rings. The van der Waals surface area contributed by atoms with Gasteiger partial charge < -0.3 is 13.7 Å². The van der Waals surface area contributed by atoms with E-state index in [4.69, 9.17) is 9.15 Å². The average Bonchev–Trinajstić information content (AvgIpc) is 3.51. The van der Waals surface area contributed by atoms with Crippen molar-refractivity contribution in [3.8, 4) is 0 Å². The number of carbonyl (C=O) groups is 1. The zero-order valence-electron chi connectivity index (χ0n) is 18.3. The molecule has 0 N–H and O–H groups in total. The Hall–Kier alpha value is -2.79. The standard InChI is InChI=1S/C21H27N5O5S/c1-3-10-26-18-7-6-16(32(28,29)25-11-4-5-12-25)13-17(18)22-19(26)8-9-21(27)30-14-20-24-23-15(2)31-20/h6-7,13H,3-5,8-12,14H2,1-2H3. The van der Waals surface area contributed by atoms with Crippen molar-refractivity contribution >= 4 is 27.0 Å². The number of imidazole rings is 1. The van der Waals surface area contributed by atoms with Gasteiger partial charge in [-0.15, -0.1) is 10.2 Å². The minimum atomic E-state index is -3.51. The number of sulfonamides is 1. The number of hydrogen-bond donors (Lipinski definition) is 0. The Morgan fingerprint density at radius 3 is 2.69 bits per heavy atom. The molecule has 0 radical (unpaired) electrons. The van der Waals surface area contributed by atoms with Crippen molar-refractivity contribution in [3.05, 3.63) is 35.8 Å². The molecular formula is C21H27N5O5S. The Morgan fingerprint density at radius 1 is 1.22 bits per heavy atom. The average molecular weight is 462 g/mol. The van der Waals surface area contributed by atoms with Gasteiger partial charge in [-0.25, -0.2) is 13.4 Å². The van der Waals surface area contributed by atoms with Gasteiger partial charge in [-0.1, -0.05) is 6.92 Å². The maximum absolute atomic E-state index is 12.9. The number of esters is 1. The van der Waals surface area contributed by atoms with Gasteiger partial charge in [-0.2, -0.15) is 4.31 Å². The molecule has 1 aromatic carbocycles. The molecule has 0 unspecified atom stereocenters. The van der Waals surface area contributed by atoms with E-state index in [1.165, 1.54) is 4.31 Å². The first-order valence-corrected chi connectivity index (χ1v) is 12.3. The van der Waals surface area contributed by atoms with Crippen LogP contribution < -0.4 is 0 Å². The van der Waals surface area contributed by atoms with Gasteiger partial charge in [0.25, 0.3) is 5.89 Å². The van der Waals surface area contributed by atoms with Crippen LogP contribution in [0.3, 0.4) is 0 Å². The second-order valence-electron chi connectivity index (χ2n) is 7.82. The summed E-state index contributed by atoms with van der Waals surface area (Å²) in [5.74, 6) is 0.993. The van der Waals surface area contributed by atoms with Gasteiger partial charge in [0.05, 0.1) is 22.3 Å². The molecule has 2 aromatic heterocycles. The van der Waals surface area contributed by atoms with Gasteiger partial charge in [0.1, 0.15) is 5.82 Å². The molecule has 1 aliphatic rings. The molecule has 0 atom stereocenters. The molecule has 10 nitrogen and oxygen atoms in total. The van der Waals surface area contributed by atoms with Crippen LogP contribution in [0.15, 0.2) is 27.5 Å². The van der Waals surface area contributed by atoms with Crippen LogP contribution in [0, 0.1) is 6.92 Å². The zero-order valence-corrected chi connectivity index (χ0v) is 19.1. The Kier molecular flexibility index (Phi) is 6.56. The van der Waals surface area contributed by atoms with Gasteiger partial charge in [-0.05, 0) is 37.5 Å².